The first-order valence-corrected chi connectivity index (χ1v) is 10.8. The number of hydrogen-bond donors (Lipinski definition) is 2. The van der Waals surface area contributed by atoms with E-state index in [0.29, 0.717) is 5.69 Å². The van der Waals surface area contributed by atoms with Crippen LogP contribution in [0.3, 0.4) is 0 Å². The van der Waals surface area contributed by atoms with Crippen molar-refractivity contribution in [2.24, 2.45) is 0 Å². The fraction of sp³-hybridized carbons (Fsp3) is 0.250. The van der Waals surface area contributed by atoms with E-state index in [9.17, 15) is 31.1 Å². The molecule has 196 valence electrons. The highest BCUT2D eigenvalue weighted by molar-refractivity contribution is 6.00. The Morgan fingerprint density at radius 1 is 0.973 bits per heavy atom. The summed E-state index contributed by atoms with van der Waals surface area (Å²) >= 11 is 0. The van der Waals surface area contributed by atoms with E-state index in [0.717, 1.165) is 12.1 Å². The van der Waals surface area contributed by atoms with Crippen molar-refractivity contribution >= 4 is 17.4 Å². The van der Waals surface area contributed by atoms with Gasteiger partial charge in [0.15, 0.2) is 5.60 Å². The zero-order valence-corrected chi connectivity index (χ0v) is 19.0. The molecule has 1 aliphatic rings. The van der Waals surface area contributed by atoms with Gasteiger partial charge in [-0.2, -0.15) is 13.2 Å². The van der Waals surface area contributed by atoms with Crippen molar-refractivity contribution in [1.82, 2.24) is 4.98 Å². The lowest BCUT2D eigenvalue weighted by atomic mass is 9.85. The lowest BCUT2D eigenvalue weighted by Crippen LogP contribution is -2.52. The van der Waals surface area contributed by atoms with E-state index >= 15 is 0 Å². The molecule has 1 fully saturated rings. The molecule has 4 rings (SSSR count). The summed E-state index contributed by atoms with van der Waals surface area (Å²) in [5, 5.41) is 4.89. The smallest absolute Gasteiger partial charge is 0.437 e. The molecular weight excluding hydrogens is 508 g/mol. The molecule has 37 heavy (non-hydrogen) atoms. The van der Waals surface area contributed by atoms with Gasteiger partial charge in [0, 0.05) is 23.4 Å². The molecule has 2 N–H and O–H groups in total. The second-order valence-electron chi connectivity index (χ2n) is 7.98. The minimum Gasteiger partial charge on any atom is -0.437 e. The zero-order valence-electron chi connectivity index (χ0n) is 19.0. The summed E-state index contributed by atoms with van der Waals surface area (Å²) < 4.78 is 93.0. The third-order valence-electron chi connectivity index (χ3n) is 5.38. The fourth-order valence-corrected chi connectivity index (χ4v) is 3.62. The quantitative estimate of drug-likeness (QED) is 0.341. The van der Waals surface area contributed by atoms with Crippen molar-refractivity contribution in [3.8, 4) is 17.4 Å². The second kappa shape index (κ2) is 9.81. The molecule has 2 heterocycles. The lowest BCUT2D eigenvalue weighted by molar-refractivity contribution is -0.333. The summed E-state index contributed by atoms with van der Waals surface area (Å²) in [5.41, 5.74) is -2.10. The predicted molar refractivity (Wildman–Crippen MR) is 120 cm³/mol. The summed E-state index contributed by atoms with van der Waals surface area (Å²) in [6.07, 6.45) is -9.82. The Balaban J connectivity index is 1.53. The van der Waals surface area contributed by atoms with E-state index in [1.807, 2.05) is 0 Å². The molecule has 1 saturated heterocycles. The van der Waals surface area contributed by atoms with Crippen molar-refractivity contribution < 1.29 is 45.3 Å². The van der Waals surface area contributed by atoms with Crippen LogP contribution in [0.2, 0.25) is 0 Å². The van der Waals surface area contributed by atoms with Crippen LogP contribution >= 0.6 is 0 Å². The van der Waals surface area contributed by atoms with Crippen molar-refractivity contribution in [1.29, 1.82) is 0 Å². The molecule has 0 radical (unpaired) electrons. The highest BCUT2D eigenvalue weighted by atomic mass is 19.4. The first-order chi connectivity index (χ1) is 17.4. The monoisotopic (exact) mass is 527 g/mol. The van der Waals surface area contributed by atoms with Crippen molar-refractivity contribution in [2.45, 2.75) is 31.5 Å². The molecule has 0 bridgehead atoms. The van der Waals surface area contributed by atoms with Crippen LogP contribution in [0.15, 0.2) is 60.7 Å². The Kier molecular flexibility index (Phi) is 6.91. The molecular formula is C24H19F6N3O4. The first kappa shape index (κ1) is 26.1. The maximum atomic E-state index is 13.9. The number of ether oxygens (including phenoxy) is 3. The number of carbonyl (C=O) groups is 1. The Morgan fingerprint density at radius 2 is 1.65 bits per heavy atom. The number of alkyl halides is 6. The molecule has 1 aromatic heterocycles. The number of urea groups is 1. The van der Waals surface area contributed by atoms with Crippen LogP contribution in [0.5, 0.6) is 17.4 Å². The Morgan fingerprint density at radius 3 is 2.24 bits per heavy atom. The maximum Gasteiger partial charge on any atom is 0.573 e. The van der Waals surface area contributed by atoms with Gasteiger partial charge in [-0.3, -0.25) is 0 Å². The van der Waals surface area contributed by atoms with Crippen molar-refractivity contribution in [2.75, 3.05) is 17.2 Å². The van der Waals surface area contributed by atoms with Crippen LogP contribution in [0, 0.1) is 6.92 Å². The molecule has 0 spiro atoms. The van der Waals surface area contributed by atoms with Crippen molar-refractivity contribution in [3.63, 3.8) is 0 Å². The van der Waals surface area contributed by atoms with Gasteiger partial charge in [0.25, 0.3) is 0 Å². The molecule has 1 unspecified atom stereocenters. The standard InChI is InChI=1S/C24H19F6N3O4/c1-14-6-11-18(33-21(34)32-15-7-9-16(10-8-15)37-24(28,29)30)20(31-14)36-19-5-3-2-4-17(19)22(12-13-35-22)23(25,26)27/h2-11H,12-13H2,1H3,(H2,32,33,34). The number of amides is 2. The molecule has 7 nitrogen and oxygen atoms in total. The zero-order chi connectivity index (χ0) is 26.8. The fourth-order valence-electron chi connectivity index (χ4n) is 3.62. The van der Waals surface area contributed by atoms with Crippen LogP contribution in [0.4, 0.5) is 42.5 Å². The lowest BCUT2D eigenvalue weighted by Gasteiger charge is -2.43. The summed E-state index contributed by atoms with van der Waals surface area (Å²) in [4.78, 5) is 16.7. The molecule has 2 amide bonds. The average Bonchev–Trinajstić information content (AvgIpc) is 2.75. The molecule has 3 aromatic rings. The maximum absolute atomic E-state index is 13.9. The van der Waals surface area contributed by atoms with Gasteiger partial charge in [-0.25, -0.2) is 9.78 Å². The van der Waals surface area contributed by atoms with E-state index in [2.05, 4.69) is 20.4 Å². The summed E-state index contributed by atoms with van der Waals surface area (Å²) in [6, 6.07) is 12.1. The second-order valence-corrected chi connectivity index (χ2v) is 7.98. The Hall–Kier alpha value is -4.00. The van der Waals surface area contributed by atoms with E-state index < -0.39 is 29.9 Å². The summed E-state index contributed by atoms with van der Waals surface area (Å²) in [6.45, 7) is 1.56. The number of benzene rings is 2. The topological polar surface area (TPSA) is 81.7 Å². The molecule has 0 aliphatic carbocycles. The van der Waals surface area contributed by atoms with Gasteiger partial charge in [0.1, 0.15) is 17.2 Å². The van der Waals surface area contributed by atoms with Crippen LogP contribution in [0.25, 0.3) is 0 Å². The van der Waals surface area contributed by atoms with Gasteiger partial charge < -0.3 is 24.8 Å². The highest BCUT2D eigenvalue weighted by Crippen LogP contribution is 2.53. The van der Waals surface area contributed by atoms with E-state index in [1.165, 1.54) is 42.5 Å². The number of hydrogen-bond acceptors (Lipinski definition) is 5. The van der Waals surface area contributed by atoms with Crippen LogP contribution in [-0.2, 0) is 10.3 Å². The minimum absolute atomic E-state index is 0.0329. The highest BCUT2D eigenvalue weighted by Gasteiger charge is 2.62. The van der Waals surface area contributed by atoms with E-state index in [-0.39, 0.29) is 41.6 Å². The molecule has 0 saturated carbocycles. The predicted octanol–water partition coefficient (Wildman–Crippen LogP) is 6.90. The van der Waals surface area contributed by atoms with Crippen LogP contribution < -0.4 is 20.1 Å². The van der Waals surface area contributed by atoms with Gasteiger partial charge in [-0.15, -0.1) is 13.2 Å². The van der Waals surface area contributed by atoms with Crippen LogP contribution in [-0.4, -0.2) is 30.2 Å². The first-order valence-electron chi connectivity index (χ1n) is 10.8. The van der Waals surface area contributed by atoms with E-state index in [1.54, 1.807) is 13.0 Å². The van der Waals surface area contributed by atoms with Gasteiger partial charge in [-0.1, -0.05) is 18.2 Å². The number of rotatable bonds is 6. The SMILES string of the molecule is Cc1ccc(NC(=O)Nc2ccc(OC(F)(F)F)cc2)c(Oc2ccccc2C2(C(F)(F)F)CCO2)n1. The van der Waals surface area contributed by atoms with Gasteiger partial charge in [-0.05, 0) is 49.4 Å². The van der Waals surface area contributed by atoms with Gasteiger partial charge in [0.2, 0.25) is 5.88 Å². The number of para-hydroxylation sites is 1. The van der Waals surface area contributed by atoms with Crippen molar-refractivity contribution in [3.05, 3.63) is 71.9 Å². The Bertz CT molecular complexity index is 1270. The molecule has 1 aliphatic heterocycles. The largest absolute Gasteiger partial charge is 0.573 e. The minimum atomic E-state index is -4.86. The number of nitrogens with zero attached hydrogens (tertiary/aromatic N) is 1. The van der Waals surface area contributed by atoms with Crippen LogP contribution in [0.1, 0.15) is 17.7 Å². The average molecular weight is 527 g/mol. The number of aromatic nitrogens is 1. The van der Waals surface area contributed by atoms with E-state index in [4.69, 9.17) is 9.47 Å². The van der Waals surface area contributed by atoms with Gasteiger partial charge in [0.05, 0.1) is 6.61 Å². The summed E-state index contributed by atoms with van der Waals surface area (Å²) in [7, 11) is 0. The number of halogens is 6. The molecule has 1 atom stereocenters. The number of anilines is 2. The summed E-state index contributed by atoms with van der Waals surface area (Å²) in [5.74, 6) is -0.794. The molecule has 2 aromatic carbocycles. The Labute approximate surface area is 206 Å². The number of carbonyl (C=O) groups excluding carboxylic acids is 1. The molecule has 13 heteroatoms. The number of aryl methyl sites for hydroxylation is 1. The third-order valence-corrected chi connectivity index (χ3v) is 5.38. The number of pyridine rings is 1. The normalized spacial score (nSPS) is 17.5. The number of nitrogens with one attached hydrogen (secondary N) is 2. The third kappa shape index (κ3) is 5.88. The van der Waals surface area contributed by atoms with Gasteiger partial charge >= 0.3 is 18.6 Å².